The Hall–Kier alpha value is -3.89. The lowest BCUT2D eigenvalue weighted by Crippen LogP contribution is -2.44. The first-order valence-corrected chi connectivity index (χ1v) is 12.1. The van der Waals surface area contributed by atoms with Crippen LogP contribution in [0.3, 0.4) is 0 Å². The molecule has 1 aromatic carbocycles. The van der Waals surface area contributed by atoms with E-state index >= 15 is 0 Å². The van der Waals surface area contributed by atoms with Crippen LogP contribution in [0.5, 0.6) is 0 Å². The summed E-state index contributed by atoms with van der Waals surface area (Å²) in [5, 5.41) is 2.63. The van der Waals surface area contributed by atoms with Crippen LogP contribution in [0.25, 0.3) is 33.5 Å². The number of nitrogens with zero attached hydrogens (tertiary/aromatic N) is 5. The number of aromatic amines is 1. The topological polar surface area (TPSA) is 118 Å². The van der Waals surface area contributed by atoms with Crippen LogP contribution in [-0.2, 0) is 16.0 Å². The predicted octanol–water partition coefficient (Wildman–Crippen LogP) is 4.26. The van der Waals surface area contributed by atoms with Crippen molar-refractivity contribution in [2.75, 3.05) is 25.0 Å². The molecule has 0 saturated carbocycles. The van der Waals surface area contributed by atoms with Gasteiger partial charge in [0, 0.05) is 49.4 Å². The van der Waals surface area contributed by atoms with E-state index in [9.17, 15) is 4.79 Å². The Morgan fingerprint density at radius 3 is 2.61 bits per heavy atom. The van der Waals surface area contributed by atoms with Crippen LogP contribution in [0.15, 0.2) is 48.9 Å². The van der Waals surface area contributed by atoms with Gasteiger partial charge in [-0.3, -0.25) is 15.2 Å². The van der Waals surface area contributed by atoms with Gasteiger partial charge >= 0.3 is 6.09 Å². The van der Waals surface area contributed by atoms with E-state index in [1.807, 2.05) is 18.3 Å². The highest BCUT2D eigenvalue weighted by Crippen LogP contribution is 2.32. The van der Waals surface area contributed by atoms with E-state index in [1.165, 1.54) is 0 Å². The molecule has 36 heavy (non-hydrogen) atoms. The number of benzene rings is 1. The van der Waals surface area contributed by atoms with Gasteiger partial charge in [0.15, 0.2) is 5.82 Å². The number of aromatic nitrogens is 5. The van der Waals surface area contributed by atoms with Crippen LogP contribution < -0.4 is 5.32 Å². The molecule has 1 aliphatic rings. The number of imidazole rings is 1. The fourth-order valence-electron chi connectivity index (χ4n) is 4.55. The van der Waals surface area contributed by atoms with E-state index in [2.05, 4.69) is 56.1 Å². The molecule has 0 radical (unpaired) electrons. The molecule has 1 amide bonds. The fraction of sp³-hybridized carbons (Fsp3) is 0.346. The maximum Gasteiger partial charge on any atom is 0.413 e. The van der Waals surface area contributed by atoms with Crippen LogP contribution in [0.1, 0.15) is 26.5 Å². The first-order chi connectivity index (χ1) is 17.5. The molecule has 4 heterocycles. The van der Waals surface area contributed by atoms with Crippen molar-refractivity contribution in [1.29, 1.82) is 0 Å². The minimum absolute atomic E-state index is 0.218. The number of carbonyl (C=O) groups excluding carboxylic acids is 1. The van der Waals surface area contributed by atoms with Crippen LogP contribution in [-0.4, -0.2) is 67.8 Å². The second kappa shape index (κ2) is 10.4. The summed E-state index contributed by atoms with van der Waals surface area (Å²) in [4.78, 5) is 35.6. The third-order valence-electron chi connectivity index (χ3n) is 5.93. The van der Waals surface area contributed by atoms with Gasteiger partial charge in [0.05, 0.1) is 35.5 Å². The number of H-pyrrole nitrogens is 1. The van der Waals surface area contributed by atoms with Crippen LogP contribution >= 0.6 is 0 Å². The first kappa shape index (κ1) is 23.8. The third-order valence-corrected chi connectivity index (χ3v) is 5.93. The molecule has 10 heteroatoms. The van der Waals surface area contributed by atoms with Crippen LogP contribution in [0.2, 0.25) is 0 Å². The van der Waals surface area contributed by atoms with Crippen molar-refractivity contribution in [2.45, 2.75) is 39.5 Å². The van der Waals surface area contributed by atoms with E-state index < -0.39 is 6.09 Å². The van der Waals surface area contributed by atoms with Crippen LogP contribution in [0.4, 0.5) is 10.7 Å². The van der Waals surface area contributed by atoms with Crippen molar-refractivity contribution in [1.82, 2.24) is 29.8 Å². The number of fused-ring (bicyclic) bond motifs is 1. The number of carbonyl (C=O) groups is 1. The quantitative estimate of drug-likeness (QED) is 0.414. The van der Waals surface area contributed by atoms with Gasteiger partial charge in [-0.1, -0.05) is 6.07 Å². The SMILES string of the molecule is CCOC(=O)Nc1nc2cc(-c3ccc(CN4C[C@@H](C)O[C@@H](C)C4)nc3)cc(-c3ncccn3)c2[nH]1. The van der Waals surface area contributed by atoms with Crippen LogP contribution in [0, 0.1) is 0 Å². The lowest BCUT2D eigenvalue weighted by Gasteiger charge is -2.35. The average Bonchev–Trinajstić information content (AvgIpc) is 3.26. The predicted molar refractivity (Wildman–Crippen MR) is 136 cm³/mol. The highest BCUT2D eigenvalue weighted by Gasteiger charge is 2.22. The summed E-state index contributed by atoms with van der Waals surface area (Å²) in [6.07, 6.45) is 5.13. The molecule has 186 valence electrons. The second-order valence-corrected chi connectivity index (χ2v) is 8.91. The van der Waals surface area contributed by atoms with Gasteiger partial charge in [0.25, 0.3) is 0 Å². The molecule has 3 aromatic heterocycles. The highest BCUT2D eigenvalue weighted by molar-refractivity contribution is 5.96. The maximum atomic E-state index is 11.9. The normalized spacial score (nSPS) is 18.3. The molecule has 0 aliphatic carbocycles. The zero-order valence-corrected chi connectivity index (χ0v) is 20.6. The highest BCUT2D eigenvalue weighted by atomic mass is 16.5. The Kier molecular flexibility index (Phi) is 6.88. The van der Waals surface area contributed by atoms with Crippen molar-refractivity contribution in [2.24, 2.45) is 0 Å². The lowest BCUT2D eigenvalue weighted by atomic mass is 10.0. The number of anilines is 1. The first-order valence-electron chi connectivity index (χ1n) is 12.1. The molecule has 2 atom stereocenters. The summed E-state index contributed by atoms with van der Waals surface area (Å²) in [5.41, 5.74) is 5.04. The molecule has 1 fully saturated rings. The van der Waals surface area contributed by atoms with Crippen molar-refractivity contribution in [3.63, 3.8) is 0 Å². The van der Waals surface area contributed by atoms with E-state index in [0.717, 1.165) is 47.5 Å². The standard InChI is InChI=1S/C26H29N7O3/c1-4-35-26(34)32-25-30-22-11-19(10-21(23(22)31-25)24-27-8-5-9-28-24)18-6-7-20(29-12-18)15-33-13-16(2)36-17(3)14-33/h5-12,16-17H,4,13-15H2,1-3H3,(H2,30,31,32,34)/t16-,17+. The Morgan fingerprint density at radius 2 is 1.92 bits per heavy atom. The maximum absolute atomic E-state index is 11.9. The Bertz CT molecular complexity index is 1330. The molecule has 5 rings (SSSR count). The molecule has 0 spiro atoms. The summed E-state index contributed by atoms with van der Waals surface area (Å²) in [6.45, 7) is 8.79. The largest absolute Gasteiger partial charge is 0.450 e. The zero-order valence-electron chi connectivity index (χ0n) is 20.6. The number of nitrogens with one attached hydrogen (secondary N) is 2. The van der Waals surface area contributed by atoms with Crippen molar-refractivity contribution in [3.8, 4) is 22.5 Å². The Morgan fingerprint density at radius 1 is 1.14 bits per heavy atom. The molecule has 2 N–H and O–H groups in total. The number of ether oxygens (including phenoxy) is 2. The smallest absolute Gasteiger partial charge is 0.413 e. The molecule has 4 aromatic rings. The van der Waals surface area contributed by atoms with Crippen molar-refractivity contribution >= 4 is 23.1 Å². The van der Waals surface area contributed by atoms with Gasteiger partial charge in [-0.15, -0.1) is 0 Å². The summed E-state index contributed by atoms with van der Waals surface area (Å²) in [5.74, 6) is 0.844. The number of pyridine rings is 1. The summed E-state index contributed by atoms with van der Waals surface area (Å²) in [7, 11) is 0. The Labute approximate surface area is 209 Å². The van der Waals surface area contributed by atoms with Gasteiger partial charge < -0.3 is 14.5 Å². The van der Waals surface area contributed by atoms with Crippen molar-refractivity contribution in [3.05, 3.63) is 54.6 Å². The van der Waals surface area contributed by atoms with Gasteiger partial charge in [0.2, 0.25) is 5.95 Å². The monoisotopic (exact) mass is 487 g/mol. The van der Waals surface area contributed by atoms with Gasteiger partial charge in [0.1, 0.15) is 0 Å². The zero-order chi connectivity index (χ0) is 25.1. The molecule has 1 aliphatic heterocycles. The van der Waals surface area contributed by atoms with E-state index in [1.54, 1.807) is 25.4 Å². The van der Waals surface area contributed by atoms with Gasteiger partial charge in [-0.2, -0.15) is 0 Å². The van der Waals surface area contributed by atoms with Gasteiger partial charge in [-0.05, 0) is 50.6 Å². The molecule has 0 unspecified atom stereocenters. The Balaban J connectivity index is 1.46. The second-order valence-electron chi connectivity index (χ2n) is 8.91. The fourth-order valence-corrected chi connectivity index (χ4v) is 4.55. The number of amides is 1. The van der Waals surface area contributed by atoms with E-state index in [4.69, 9.17) is 14.5 Å². The minimum Gasteiger partial charge on any atom is -0.450 e. The lowest BCUT2D eigenvalue weighted by molar-refractivity contribution is -0.0707. The number of hydrogen-bond acceptors (Lipinski definition) is 8. The summed E-state index contributed by atoms with van der Waals surface area (Å²) in [6, 6.07) is 9.85. The van der Waals surface area contributed by atoms with E-state index in [0.29, 0.717) is 17.3 Å². The number of hydrogen-bond donors (Lipinski definition) is 2. The average molecular weight is 488 g/mol. The third kappa shape index (κ3) is 5.34. The van der Waals surface area contributed by atoms with Gasteiger partial charge in [-0.25, -0.2) is 19.7 Å². The number of morpholine rings is 1. The molecule has 10 nitrogen and oxygen atoms in total. The number of rotatable bonds is 6. The molecule has 0 bridgehead atoms. The minimum atomic E-state index is -0.571. The van der Waals surface area contributed by atoms with E-state index in [-0.39, 0.29) is 18.8 Å². The molecular formula is C26H29N7O3. The summed E-state index contributed by atoms with van der Waals surface area (Å²) >= 11 is 0. The molecule has 1 saturated heterocycles. The molecular weight excluding hydrogens is 458 g/mol. The van der Waals surface area contributed by atoms with Crippen molar-refractivity contribution < 1.29 is 14.3 Å². The summed E-state index contributed by atoms with van der Waals surface area (Å²) < 4.78 is 10.8.